The molecule has 2 aliphatic heterocycles. The number of rotatable bonds is 6. The van der Waals surface area contributed by atoms with E-state index < -0.39 is 0 Å². The van der Waals surface area contributed by atoms with E-state index in [9.17, 15) is 0 Å². The fraction of sp³-hybridized carbons (Fsp3) is 0.417. The lowest BCUT2D eigenvalue weighted by molar-refractivity contribution is 0.0854. The zero-order valence-electron chi connectivity index (χ0n) is 17.8. The number of hydrogen-bond acceptors (Lipinski definition) is 5. The maximum absolute atomic E-state index is 5.60. The van der Waals surface area contributed by atoms with Gasteiger partial charge in [-0.2, -0.15) is 0 Å². The highest BCUT2D eigenvalue weighted by Crippen LogP contribution is 2.39. The number of fused-ring (bicyclic) bond motifs is 2. The third-order valence-corrected chi connectivity index (χ3v) is 5.69. The number of benzene rings is 2. The van der Waals surface area contributed by atoms with Gasteiger partial charge >= 0.3 is 0 Å². The lowest BCUT2D eigenvalue weighted by atomic mass is 9.88. The summed E-state index contributed by atoms with van der Waals surface area (Å²) in [6.07, 6.45) is 6.10. The van der Waals surface area contributed by atoms with Crippen molar-refractivity contribution in [2.24, 2.45) is 4.99 Å². The highest BCUT2D eigenvalue weighted by Gasteiger charge is 2.22. The van der Waals surface area contributed by atoms with Crippen molar-refractivity contribution >= 4 is 30.1 Å². The average Bonchev–Trinajstić information content (AvgIpc) is 2.99. The number of nitrogens with one attached hydrogen (secondary N) is 4. The molecule has 6 heteroatoms. The second-order valence-corrected chi connectivity index (χ2v) is 7.53. The fourth-order valence-corrected chi connectivity index (χ4v) is 4.19. The Morgan fingerprint density at radius 3 is 2.67 bits per heavy atom. The van der Waals surface area contributed by atoms with Crippen LogP contribution in [0.15, 0.2) is 41.4 Å². The summed E-state index contributed by atoms with van der Waals surface area (Å²) in [7, 11) is 1.78. The smallest absolute Gasteiger partial charge is 0.0820 e. The Bertz CT molecular complexity index is 845. The minimum Gasteiger partial charge on any atom is -0.383 e. The van der Waals surface area contributed by atoms with Crippen LogP contribution in [0.25, 0.3) is 0 Å². The molecular formula is C24H33N5O. The maximum atomic E-state index is 5.60. The minimum atomic E-state index is 0.567. The summed E-state index contributed by atoms with van der Waals surface area (Å²) in [5.74, 6) is 0.567. The molecule has 0 saturated carbocycles. The van der Waals surface area contributed by atoms with Crippen molar-refractivity contribution < 1.29 is 4.74 Å². The Morgan fingerprint density at radius 1 is 1.10 bits per heavy atom. The molecule has 0 amide bonds. The number of nitrogens with zero attached hydrogens (tertiary/aromatic N) is 1. The Kier molecular flexibility index (Phi) is 8.27. The molecule has 0 atom stereocenters. The van der Waals surface area contributed by atoms with Crippen molar-refractivity contribution in [1.82, 2.24) is 5.32 Å². The number of aliphatic imine (C=N–C) groups is 1. The van der Waals surface area contributed by atoms with Crippen LogP contribution in [0, 0.1) is 5.41 Å². The van der Waals surface area contributed by atoms with E-state index >= 15 is 0 Å². The molecule has 0 unspecified atom stereocenters. The fourth-order valence-electron chi connectivity index (χ4n) is 4.19. The first-order chi connectivity index (χ1) is 14.8. The van der Waals surface area contributed by atoms with Gasteiger partial charge in [0.1, 0.15) is 0 Å². The Labute approximate surface area is 179 Å². The zero-order chi connectivity index (χ0) is 21.2. The molecule has 4 N–H and O–H groups in total. The number of para-hydroxylation sites is 1. The molecule has 0 bridgehead atoms. The molecule has 2 aliphatic rings. The standard InChI is InChI=1S/C23H30N4O.CH3N/c1-24-16-25-10-11-26-23-15-22-19(14-20(23)17-8-12-28-13-9-17)7-6-18-4-2-3-5-21(18)27-22;1-2/h2-5,14-17,26-27H,6-13H2,1H3,(H,24,25);2H,1H2. The first-order valence-corrected chi connectivity index (χ1v) is 10.7. The summed E-state index contributed by atoms with van der Waals surface area (Å²) in [5.41, 5.74) is 7.95. The first kappa shape index (κ1) is 21.8. The average molecular weight is 408 g/mol. The number of anilines is 3. The molecule has 0 aromatic heterocycles. The number of aryl methyl sites for hydroxylation is 2. The van der Waals surface area contributed by atoms with E-state index in [2.05, 4.69) is 64.1 Å². The molecule has 6 nitrogen and oxygen atoms in total. The topological polar surface area (TPSA) is 81.5 Å². The predicted octanol–water partition coefficient (Wildman–Crippen LogP) is 4.35. The van der Waals surface area contributed by atoms with Gasteiger partial charge < -0.3 is 26.1 Å². The second-order valence-electron chi connectivity index (χ2n) is 7.53. The van der Waals surface area contributed by atoms with Gasteiger partial charge in [0.2, 0.25) is 0 Å². The summed E-state index contributed by atoms with van der Waals surface area (Å²) in [6.45, 7) is 5.92. The van der Waals surface area contributed by atoms with Gasteiger partial charge in [0.15, 0.2) is 0 Å². The van der Waals surface area contributed by atoms with Crippen LogP contribution < -0.4 is 16.0 Å². The van der Waals surface area contributed by atoms with Gasteiger partial charge in [-0.3, -0.25) is 4.99 Å². The molecule has 2 aromatic carbocycles. The van der Waals surface area contributed by atoms with Crippen LogP contribution in [0.2, 0.25) is 0 Å². The van der Waals surface area contributed by atoms with E-state index in [4.69, 9.17) is 10.1 Å². The molecule has 1 saturated heterocycles. The van der Waals surface area contributed by atoms with Gasteiger partial charge in [0, 0.05) is 50.4 Å². The van der Waals surface area contributed by atoms with E-state index in [0.29, 0.717) is 5.92 Å². The van der Waals surface area contributed by atoms with Crippen LogP contribution in [0.1, 0.15) is 35.4 Å². The molecular weight excluding hydrogens is 374 g/mol. The van der Waals surface area contributed by atoms with Crippen LogP contribution in [-0.2, 0) is 17.6 Å². The highest BCUT2D eigenvalue weighted by molar-refractivity contribution is 5.74. The Balaban J connectivity index is 0.00000124. The summed E-state index contributed by atoms with van der Waals surface area (Å²) in [5, 5.41) is 16.0. The van der Waals surface area contributed by atoms with Gasteiger partial charge in [-0.05, 0) is 67.1 Å². The van der Waals surface area contributed by atoms with Crippen molar-refractivity contribution in [3.05, 3.63) is 53.1 Å². The van der Waals surface area contributed by atoms with Gasteiger partial charge in [-0.15, -0.1) is 0 Å². The number of hydrogen-bond donors (Lipinski definition) is 4. The molecule has 1 fully saturated rings. The molecule has 30 heavy (non-hydrogen) atoms. The van der Waals surface area contributed by atoms with Crippen molar-refractivity contribution in [2.45, 2.75) is 31.6 Å². The molecule has 2 heterocycles. The van der Waals surface area contributed by atoms with Gasteiger partial charge in [-0.1, -0.05) is 24.3 Å². The van der Waals surface area contributed by atoms with Crippen LogP contribution in [0.5, 0.6) is 0 Å². The maximum Gasteiger partial charge on any atom is 0.0820 e. The van der Waals surface area contributed by atoms with Crippen molar-refractivity contribution in [3.63, 3.8) is 0 Å². The first-order valence-electron chi connectivity index (χ1n) is 10.7. The highest BCUT2D eigenvalue weighted by atomic mass is 16.5. The lowest BCUT2D eigenvalue weighted by Crippen LogP contribution is -2.22. The summed E-state index contributed by atoms with van der Waals surface area (Å²) >= 11 is 0. The van der Waals surface area contributed by atoms with Gasteiger partial charge in [0.05, 0.1) is 6.34 Å². The molecule has 0 spiro atoms. The van der Waals surface area contributed by atoms with E-state index in [1.54, 1.807) is 13.4 Å². The zero-order valence-corrected chi connectivity index (χ0v) is 17.8. The number of ether oxygens (including phenoxy) is 1. The quantitative estimate of drug-likeness (QED) is 0.326. The predicted molar refractivity (Wildman–Crippen MR) is 127 cm³/mol. The Morgan fingerprint density at radius 2 is 1.87 bits per heavy atom. The third-order valence-electron chi connectivity index (χ3n) is 5.69. The molecule has 0 radical (unpaired) electrons. The van der Waals surface area contributed by atoms with Gasteiger partial charge in [0.25, 0.3) is 0 Å². The van der Waals surface area contributed by atoms with Crippen LogP contribution in [-0.4, -0.2) is 46.4 Å². The summed E-state index contributed by atoms with van der Waals surface area (Å²) < 4.78 is 5.60. The molecule has 4 rings (SSSR count). The van der Waals surface area contributed by atoms with E-state index in [1.807, 2.05) is 0 Å². The largest absolute Gasteiger partial charge is 0.383 e. The van der Waals surface area contributed by atoms with Crippen molar-refractivity contribution in [2.75, 3.05) is 44.0 Å². The lowest BCUT2D eigenvalue weighted by Gasteiger charge is -2.26. The SMILES string of the molecule is C=N.CN=CNCCNc1cc2c(cc1C1CCOCC1)CCc1ccccc1N2. The Hall–Kier alpha value is -2.86. The third kappa shape index (κ3) is 5.39. The van der Waals surface area contributed by atoms with Crippen molar-refractivity contribution in [3.8, 4) is 0 Å². The second kappa shape index (κ2) is 11.4. The van der Waals surface area contributed by atoms with Crippen LogP contribution in [0.3, 0.4) is 0 Å². The van der Waals surface area contributed by atoms with Crippen LogP contribution in [0.4, 0.5) is 17.1 Å². The summed E-state index contributed by atoms with van der Waals surface area (Å²) in [4.78, 5) is 3.97. The monoisotopic (exact) mass is 407 g/mol. The minimum absolute atomic E-state index is 0.567. The molecule has 160 valence electrons. The summed E-state index contributed by atoms with van der Waals surface area (Å²) in [6, 6.07) is 13.4. The molecule has 2 aromatic rings. The van der Waals surface area contributed by atoms with Crippen LogP contribution >= 0.6 is 0 Å². The van der Waals surface area contributed by atoms with E-state index in [0.717, 1.165) is 52.0 Å². The van der Waals surface area contributed by atoms with E-state index in [-0.39, 0.29) is 0 Å². The van der Waals surface area contributed by atoms with Gasteiger partial charge in [-0.25, -0.2) is 0 Å². The molecule has 0 aliphatic carbocycles. The van der Waals surface area contributed by atoms with Crippen molar-refractivity contribution in [1.29, 1.82) is 5.41 Å². The van der Waals surface area contributed by atoms with E-state index in [1.165, 1.54) is 33.8 Å². The normalized spacial score (nSPS) is 15.8.